The average Bonchev–Trinajstić information content (AvgIpc) is 2.41. The van der Waals surface area contributed by atoms with E-state index in [0.717, 1.165) is 0 Å². The van der Waals surface area contributed by atoms with E-state index in [-0.39, 0.29) is 16.7 Å². The summed E-state index contributed by atoms with van der Waals surface area (Å²) >= 11 is 0. The molecule has 152 valence electrons. The van der Waals surface area contributed by atoms with Crippen molar-refractivity contribution < 1.29 is 35.5 Å². The molecule has 0 aliphatic heterocycles. The number of alkyl halides is 7. The molecule has 0 aliphatic carbocycles. The zero-order valence-electron chi connectivity index (χ0n) is 15.4. The van der Waals surface area contributed by atoms with Crippen LogP contribution in [0.4, 0.5) is 30.7 Å². The molecule has 0 spiro atoms. The van der Waals surface area contributed by atoms with Crippen molar-refractivity contribution in [3.05, 3.63) is 46.0 Å². The first kappa shape index (κ1) is 23.1. The summed E-state index contributed by atoms with van der Waals surface area (Å²) in [5, 5.41) is 0. The largest absolute Gasteiger partial charge is 0.435 e. The number of rotatable bonds is 5. The van der Waals surface area contributed by atoms with Gasteiger partial charge in [0.25, 0.3) is 0 Å². The molecular formula is C18H20F7NO. The van der Waals surface area contributed by atoms with E-state index in [0.29, 0.717) is 24.3 Å². The van der Waals surface area contributed by atoms with Crippen LogP contribution in [0.15, 0.2) is 23.8 Å². The van der Waals surface area contributed by atoms with E-state index < -0.39 is 29.4 Å². The normalized spacial score (nSPS) is 14.0. The second-order valence-electron chi connectivity index (χ2n) is 6.73. The maximum atomic E-state index is 14.2. The van der Waals surface area contributed by atoms with E-state index in [9.17, 15) is 35.5 Å². The molecular weight excluding hydrogens is 379 g/mol. The van der Waals surface area contributed by atoms with Gasteiger partial charge in [-0.15, -0.1) is 0 Å². The van der Waals surface area contributed by atoms with Crippen LogP contribution in [0.2, 0.25) is 0 Å². The molecule has 0 N–H and O–H groups in total. The number of hydrogen-bond donors (Lipinski definition) is 0. The highest BCUT2D eigenvalue weighted by Crippen LogP contribution is 2.53. The Labute approximate surface area is 152 Å². The van der Waals surface area contributed by atoms with Gasteiger partial charge in [-0.1, -0.05) is 17.7 Å². The summed E-state index contributed by atoms with van der Waals surface area (Å²) in [5.74, 6) is -0.570. The summed E-state index contributed by atoms with van der Waals surface area (Å²) in [7, 11) is 3.53. The van der Waals surface area contributed by atoms with E-state index in [1.54, 1.807) is 25.9 Å². The number of carbonyl (C=O) groups excluding carboxylic acids is 1. The molecule has 0 saturated heterocycles. The molecule has 0 unspecified atom stereocenters. The minimum absolute atomic E-state index is 0.0523. The lowest BCUT2D eigenvalue weighted by atomic mass is 9.87. The fourth-order valence-electron chi connectivity index (χ4n) is 2.88. The van der Waals surface area contributed by atoms with Gasteiger partial charge < -0.3 is 4.90 Å². The van der Waals surface area contributed by atoms with Gasteiger partial charge in [-0.2, -0.15) is 26.3 Å². The average molecular weight is 399 g/mol. The number of halogens is 7. The minimum Gasteiger partial charge on any atom is -0.305 e. The van der Waals surface area contributed by atoms with Gasteiger partial charge in [0.05, 0.1) is 0 Å². The van der Waals surface area contributed by atoms with Crippen LogP contribution in [0.1, 0.15) is 34.0 Å². The van der Waals surface area contributed by atoms with Crippen molar-refractivity contribution in [2.45, 2.75) is 38.8 Å². The van der Waals surface area contributed by atoms with Crippen LogP contribution in [-0.2, 0) is 5.67 Å². The van der Waals surface area contributed by atoms with E-state index >= 15 is 0 Å². The lowest BCUT2D eigenvalue weighted by molar-refractivity contribution is -0.348. The van der Waals surface area contributed by atoms with Gasteiger partial charge in [0.1, 0.15) is 0 Å². The Morgan fingerprint density at radius 1 is 0.963 bits per heavy atom. The summed E-state index contributed by atoms with van der Waals surface area (Å²) < 4.78 is 91.8. The zero-order valence-corrected chi connectivity index (χ0v) is 15.4. The molecule has 0 atom stereocenters. The second-order valence-corrected chi connectivity index (χ2v) is 6.73. The quantitative estimate of drug-likeness (QED) is 0.381. The zero-order chi connectivity index (χ0) is 21.4. The standard InChI is InChI=1S/C18H20F7NO/c1-10(9-26(4)5)6-14(27)15-11(2)7-13(8-12(15)3)16(19,17(20,21)22)18(23,24)25/h6-8H,9H2,1-5H3/b10-6+. The fraction of sp³-hybridized carbons (Fsp3) is 0.500. The maximum Gasteiger partial charge on any atom is 0.435 e. The summed E-state index contributed by atoms with van der Waals surface area (Å²) in [4.78, 5) is 14.2. The van der Waals surface area contributed by atoms with Gasteiger partial charge in [-0.3, -0.25) is 4.79 Å². The van der Waals surface area contributed by atoms with Crippen LogP contribution < -0.4 is 0 Å². The first-order chi connectivity index (χ1) is 12.0. The Balaban J connectivity index is 3.51. The molecule has 0 radical (unpaired) electrons. The van der Waals surface area contributed by atoms with Crippen molar-refractivity contribution in [2.75, 3.05) is 20.6 Å². The number of likely N-dealkylation sites (N-methyl/N-ethyl adjacent to an activating group) is 1. The summed E-state index contributed by atoms with van der Waals surface area (Å²) in [6.07, 6.45) is -11.1. The van der Waals surface area contributed by atoms with E-state index in [1.165, 1.54) is 19.9 Å². The monoisotopic (exact) mass is 399 g/mol. The van der Waals surface area contributed by atoms with Crippen LogP contribution in [0.3, 0.4) is 0 Å². The fourth-order valence-corrected chi connectivity index (χ4v) is 2.88. The SMILES string of the molecule is C/C(=C\C(=O)c1c(C)cc(C(F)(C(F)(F)F)C(F)(F)F)cc1C)CN(C)C. The molecule has 0 saturated carbocycles. The minimum atomic E-state index is -6.20. The number of hydrogen-bond acceptors (Lipinski definition) is 2. The van der Waals surface area contributed by atoms with Gasteiger partial charge in [0.15, 0.2) is 5.78 Å². The first-order valence-corrected chi connectivity index (χ1v) is 7.82. The van der Waals surface area contributed by atoms with Crippen molar-refractivity contribution in [1.29, 1.82) is 0 Å². The number of ketones is 1. The number of nitrogens with zero attached hydrogens (tertiary/aromatic N) is 1. The number of allylic oxidation sites excluding steroid dienone is 1. The number of aryl methyl sites for hydroxylation is 2. The van der Waals surface area contributed by atoms with Crippen molar-refractivity contribution in [3.63, 3.8) is 0 Å². The smallest absolute Gasteiger partial charge is 0.305 e. The predicted octanol–water partition coefficient (Wildman–Crippen LogP) is 5.28. The molecule has 0 aromatic heterocycles. The van der Waals surface area contributed by atoms with Crippen molar-refractivity contribution in [2.24, 2.45) is 0 Å². The molecule has 9 heteroatoms. The Kier molecular flexibility index (Phi) is 6.52. The molecule has 1 aromatic rings. The van der Waals surface area contributed by atoms with Crippen LogP contribution in [0, 0.1) is 13.8 Å². The molecule has 1 aromatic carbocycles. The highest BCUT2D eigenvalue weighted by Gasteiger charge is 2.73. The molecule has 0 amide bonds. The number of benzene rings is 1. The van der Waals surface area contributed by atoms with Crippen LogP contribution in [-0.4, -0.2) is 43.7 Å². The van der Waals surface area contributed by atoms with E-state index in [4.69, 9.17) is 0 Å². The third-order valence-electron chi connectivity index (χ3n) is 3.90. The Hall–Kier alpha value is -1.90. The van der Waals surface area contributed by atoms with Gasteiger partial charge in [0, 0.05) is 17.7 Å². The Morgan fingerprint density at radius 3 is 1.70 bits per heavy atom. The lowest BCUT2D eigenvalue weighted by Gasteiger charge is -2.31. The highest BCUT2D eigenvalue weighted by atomic mass is 19.4. The van der Waals surface area contributed by atoms with Gasteiger partial charge in [0.2, 0.25) is 0 Å². The van der Waals surface area contributed by atoms with Gasteiger partial charge in [-0.25, -0.2) is 4.39 Å². The summed E-state index contributed by atoms with van der Waals surface area (Å²) in [6.45, 7) is 4.45. The summed E-state index contributed by atoms with van der Waals surface area (Å²) in [5.41, 5.74) is -6.85. The van der Waals surface area contributed by atoms with Crippen LogP contribution in [0.5, 0.6) is 0 Å². The van der Waals surface area contributed by atoms with Crippen LogP contribution >= 0.6 is 0 Å². The molecule has 1 rings (SSSR count). The third-order valence-corrected chi connectivity index (χ3v) is 3.90. The molecule has 0 heterocycles. The molecule has 0 bridgehead atoms. The maximum absolute atomic E-state index is 14.2. The van der Waals surface area contributed by atoms with Crippen molar-refractivity contribution in [3.8, 4) is 0 Å². The third kappa shape index (κ3) is 4.69. The van der Waals surface area contributed by atoms with E-state index in [1.807, 2.05) is 0 Å². The lowest BCUT2D eigenvalue weighted by Crippen LogP contribution is -2.50. The van der Waals surface area contributed by atoms with Gasteiger partial charge in [-0.05, 0) is 52.1 Å². The topological polar surface area (TPSA) is 20.3 Å². The first-order valence-electron chi connectivity index (χ1n) is 7.82. The Morgan fingerprint density at radius 2 is 1.37 bits per heavy atom. The molecule has 0 aliphatic rings. The second kappa shape index (κ2) is 7.61. The number of carbonyl (C=O) groups is 1. The predicted molar refractivity (Wildman–Crippen MR) is 87.5 cm³/mol. The highest BCUT2D eigenvalue weighted by molar-refractivity contribution is 6.07. The van der Waals surface area contributed by atoms with Crippen LogP contribution in [0.25, 0.3) is 0 Å². The van der Waals surface area contributed by atoms with Gasteiger partial charge >= 0.3 is 18.0 Å². The molecule has 27 heavy (non-hydrogen) atoms. The van der Waals surface area contributed by atoms with Crippen molar-refractivity contribution >= 4 is 5.78 Å². The van der Waals surface area contributed by atoms with E-state index in [2.05, 4.69) is 0 Å². The molecule has 2 nitrogen and oxygen atoms in total. The molecule has 0 fully saturated rings. The Bertz CT molecular complexity index is 708. The summed E-state index contributed by atoms with van der Waals surface area (Å²) in [6, 6.07) is 0.854. The van der Waals surface area contributed by atoms with Crippen molar-refractivity contribution in [1.82, 2.24) is 4.90 Å².